The molecule has 7 nitrogen and oxygen atoms in total. The van der Waals surface area contributed by atoms with Crippen molar-refractivity contribution in [2.24, 2.45) is 0 Å². The van der Waals surface area contributed by atoms with Gasteiger partial charge in [-0.15, -0.1) is 11.3 Å². The second-order valence-corrected chi connectivity index (χ2v) is 7.66. The number of hydrogen-bond acceptors (Lipinski definition) is 8. The van der Waals surface area contributed by atoms with Crippen LogP contribution in [0.4, 0.5) is 5.00 Å². The van der Waals surface area contributed by atoms with E-state index < -0.39 is 24.5 Å². The second kappa shape index (κ2) is 9.53. The van der Waals surface area contributed by atoms with Gasteiger partial charge in [-0.1, -0.05) is 0 Å². The Labute approximate surface area is 175 Å². The number of carbonyl (C=O) groups excluding carboxylic acids is 3. The van der Waals surface area contributed by atoms with Crippen molar-refractivity contribution in [2.75, 3.05) is 18.5 Å². The van der Waals surface area contributed by atoms with E-state index >= 15 is 0 Å². The normalized spacial score (nSPS) is 10.6. The molecule has 1 amide bonds. The highest BCUT2D eigenvalue weighted by atomic mass is 32.1. The Bertz CT molecular complexity index is 1000. The van der Waals surface area contributed by atoms with E-state index in [1.807, 2.05) is 16.8 Å². The fraction of sp³-hybridized carbons (Fsp3) is 0.250. The van der Waals surface area contributed by atoms with Crippen molar-refractivity contribution in [1.29, 1.82) is 0 Å². The summed E-state index contributed by atoms with van der Waals surface area (Å²) in [5.74, 6) is -0.406. The fourth-order valence-corrected chi connectivity index (χ4v) is 4.16. The molecule has 3 aromatic rings. The molecular formula is C20H19NO6S2. The molecule has 3 rings (SSSR count). The predicted molar refractivity (Wildman–Crippen MR) is 110 cm³/mol. The third kappa shape index (κ3) is 5.33. The van der Waals surface area contributed by atoms with Crippen LogP contribution in [-0.2, 0) is 25.5 Å². The number of hydrogen-bond donors (Lipinski definition) is 1. The summed E-state index contributed by atoms with van der Waals surface area (Å²) in [7, 11) is 0. The number of amides is 1. The van der Waals surface area contributed by atoms with Gasteiger partial charge in [0.25, 0.3) is 5.91 Å². The summed E-state index contributed by atoms with van der Waals surface area (Å²) in [6.07, 6.45) is 0.103. The quantitative estimate of drug-likeness (QED) is 0.533. The van der Waals surface area contributed by atoms with Gasteiger partial charge in [-0.3, -0.25) is 9.59 Å². The molecule has 0 aliphatic rings. The third-order valence-corrected chi connectivity index (χ3v) is 5.45. The van der Waals surface area contributed by atoms with Crippen molar-refractivity contribution >= 4 is 45.5 Å². The first-order valence-electron chi connectivity index (χ1n) is 8.80. The molecule has 3 aromatic heterocycles. The van der Waals surface area contributed by atoms with E-state index in [4.69, 9.17) is 13.9 Å². The standard InChI is InChI=1S/C20H19NO6S2/c1-3-25-20(24)18-14(15-5-4-12(2)27-15)11-29-19(18)21-16(22)9-26-17(23)8-13-6-7-28-10-13/h4-7,10-11H,3,8-9H2,1-2H3,(H,21,22). The smallest absolute Gasteiger partial charge is 0.341 e. The van der Waals surface area contributed by atoms with Crippen molar-refractivity contribution in [3.63, 3.8) is 0 Å². The number of furan rings is 1. The molecule has 0 aliphatic heterocycles. The molecule has 0 radical (unpaired) electrons. The van der Waals surface area contributed by atoms with Crippen LogP contribution in [0.3, 0.4) is 0 Å². The highest BCUT2D eigenvalue weighted by Gasteiger charge is 2.24. The number of rotatable bonds is 8. The SMILES string of the molecule is CCOC(=O)c1c(-c2ccc(C)o2)csc1NC(=O)COC(=O)Cc1ccsc1. The van der Waals surface area contributed by atoms with E-state index in [1.54, 1.807) is 31.4 Å². The van der Waals surface area contributed by atoms with Crippen LogP contribution in [-0.4, -0.2) is 31.1 Å². The molecule has 0 atom stereocenters. The van der Waals surface area contributed by atoms with Crippen LogP contribution >= 0.6 is 22.7 Å². The number of esters is 2. The van der Waals surface area contributed by atoms with Gasteiger partial charge in [-0.2, -0.15) is 11.3 Å². The molecular weight excluding hydrogens is 414 g/mol. The second-order valence-electron chi connectivity index (χ2n) is 6.00. The van der Waals surface area contributed by atoms with Gasteiger partial charge in [0.15, 0.2) is 6.61 Å². The van der Waals surface area contributed by atoms with Crippen LogP contribution in [0.25, 0.3) is 11.3 Å². The van der Waals surface area contributed by atoms with Gasteiger partial charge in [-0.25, -0.2) is 4.79 Å². The highest BCUT2D eigenvalue weighted by molar-refractivity contribution is 7.15. The third-order valence-electron chi connectivity index (χ3n) is 3.82. The Balaban J connectivity index is 1.69. The Morgan fingerprint density at radius 2 is 1.97 bits per heavy atom. The number of aryl methyl sites for hydroxylation is 1. The first-order valence-corrected chi connectivity index (χ1v) is 10.6. The molecule has 0 aromatic carbocycles. The number of thiophene rings is 2. The maximum absolute atomic E-state index is 12.5. The van der Waals surface area contributed by atoms with E-state index in [0.29, 0.717) is 22.1 Å². The van der Waals surface area contributed by atoms with Crippen molar-refractivity contribution in [3.05, 3.63) is 51.2 Å². The molecule has 0 bridgehead atoms. The summed E-state index contributed by atoms with van der Waals surface area (Å²) in [4.78, 5) is 36.5. The number of nitrogens with one attached hydrogen (secondary N) is 1. The van der Waals surface area contributed by atoms with E-state index in [9.17, 15) is 14.4 Å². The summed E-state index contributed by atoms with van der Waals surface area (Å²) < 4.78 is 15.7. The maximum Gasteiger partial charge on any atom is 0.341 e. The van der Waals surface area contributed by atoms with Crippen molar-refractivity contribution in [3.8, 4) is 11.3 Å². The zero-order valence-corrected chi connectivity index (χ0v) is 17.5. The summed E-state index contributed by atoms with van der Waals surface area (Å²) in [5, 5.41) is 8.35. The Hall–Kier alpha value is -2.91. The molecule has 3 heterocycles. The molecule has 0 spiro atoms. The first kappa shape index (κ1) is 20.8. The predicted octanol–water partition coefficient (Wildman–Crippen LogP) is 4.28. The topological polar surface area (TPSA) is 94.8 Å². The van der Waals surface area contributed by atoms with Gasteiger partial charge in [0.2, 0.25) is 0 Å². The molecule has 0 aliphatic carbocycles. The molecule has 152 valence electrons. The fourth-order valence-electron chi connectivity index (χ4n) is 2.54. The minimum atomic E-state index is -0.567. The largest absolute Gasteiger partial charge is 0.462 e. The molecule has 0 fully saturated rings. The number of ether oxygens (including phenoxy) is 2. The van der Waals surface area contributed by atoms with E-state index in [2.05, 4.69) is 5.32 Å². The van der Waals surface area contributed by atoms with E-state index in [-0.39, 0.29) is 18.6 Å². The Morgan fingerprint density at radius 3 is 2.62 bits per heavy atom. The van der Waals surface area contributed by atoms with Crippen LogP contribution in [0.2, 0.25) is 0 Å². The van der Waals surface area contributed by atoms with Gasteiger partial charge >= 0.3 is 11.9 Å². The zero-order valence-electron chi connectivity index (χ0n) is 15.9. The van der Waals surface area contributed by atoms with Crippen LogP contribution < -0.4 is 5.32 Å². The Kier molecular flexibility index (Phi) is 6.84. The summed E-state index contributed by atoms with van der Waals surface area (Å²) in [5.41, 5.74) is 1.58. The molecule has 1 N–H and O–H groups in total. The lowest BCUT2D eigenvalue weighted by atomic mass is 10.1. The average molecular weight is 434 g/mol. The molecule has 0 saturated heterocycles. The highest BCUT2D eigenvalue weighted by Crippen LogP contribution is 2.37. The Morgan fingerprint density at radius 1 is 1.14 bits per heavy atom. The van der Waals surface area contributed by atoms with Gasteiger partial charge in [0.1, 0.15) is 22.1 Å². The van der Waals surface area contributed by atoms with Gasteiger partial charge < -0.3 is 19.2 Å². The van der Waals surface area contributed by atoms with Gasteiger partial charge in [-0.05, 0) is 48.4 Å². The van der Waals surface area contributed by atoms with Crippen LogP contribution in [0.1, 0.15) is 28.6 Å². The number of carbonyl (C=O) groups is 3. The maximum atomic E-state index is 12.5. The van der Waals surface area contributed by atoms with Crippen molar-refractivity contribution in [1.82, 2.24) is 0 Å². The van der Waals surface area contributed by atoms with Gasteiger partial charge in [0.05, 0.1) is 13.0 Å². The first-order chi connectivity index (χ1) is 14.0. The number of anilines is 1. The monoisotopic (exact) mass is 433 g/mol. The molecule has 9 heteroatoms. The minimum Gasteiger partial charge on any atom is -0.462 e. The minimum absolute atomic E-state index is 0.103. The van der Waals surface area contributed by atoms with Crippen LogP contribution in [0.15, 0.2) is 38.8 Å². The molecule has 0 saturated carbocycles. The lowest BCUT2D eigenvalue weighted by Crippen LogP contribution is -2.22. The van der Waals surface area contributed by atoms with Crippen molar-refractivity contribution < 1.29 is 28.3 Å². The molecule has 0 unspecified atom stereocenters. The van der Waals surface area contributed by atoms with Crippen LogP contribution in [0, 0.1) is 6.92 Å². The van der Waals surface area contributed by atoms with E-state index in [0.717, 1.165) is 5.56 Å². The van der Waals surface area contributed by atoms with Crippen LogP contribution in [0.5, 0.6) is 0 Å². The van der Waals surface area contributed by atoms with E-state index in [1.165, 1.54) is 22.7 Å². The summed E-state index contributed by atoms with van der Waals surface area (Å²) in [6.45, 7) is 3.25. The van der Waals surface area contributed by atoms with Gasteiger partial charge in [0, 0.05) is 10.9 Å². The summed E-state index contributed by atoms with van der Waals surface area (Å²) in [6, 6.07) is 5.35. The average Bonchev–Trinajstić information content (AvgIpc) is 3.41. The molecule has 29 heavy (non-hydrogen) atoms. The zero-order chi connectivity index (χ0) is 20.8. The summed E-state index contributed by atoms with van der Waals surface area (Å²) >= 11 is 2.65. The van der Waals surface area contributed by atoms with Crippen molar-refractivity contribution in [2.45, 2.75) is 20.3 Å². The lowest BCUT2D eigenvalue weighted by Gasteiger charge is -2.08. The lowest BCUT2D eigenvalue weighted by molar-refractivity contribution is -0.146.